The van der Waals surface area contributed by atoms with Gasteiger partial charge in [0.25, 0.3) is 0 Å². The van der Waals surface area contributed by atoms with E-state index >= 15 is 0 Å². The number of thioether (sulfide) groups is 1. The number of carbonyl (C=O) groups excluding carboxylic acids is 1. The van der Waals surface area contributed by atoms with Gasteiger partial charge in [0.1, 0.15) is 12.3 Å². The number of aryl methyl sites for hydroxylation is 1. The molecule has 0 bridgehead atoms. The number of ketones is 1. The molecular weight excluding hydrogens is 406 g/mol. The SMILES string of the molecule is CN1C(=Cc2cc[n+](CCCCCC(=O)CCCN=C(N)N)cc2)Sc2ccccc21. The number of carbonyl (C=O) groups is 1. The summed E-state index contributed by atoms with van der Waals surface area (Å²) in [5.41, 5.74) is 13.0. The minimum atomic E-state index is 0.0879. The van der Waals surface area contributed by atoms with E-state index in [4.69, 9.17) is 11.5 Å². The van der Waals surface area contributed by atoms with E-state index in [2.05, 4.69) is 76.4 Å². The molecule has 0 fully saturated rings. The number of hydrogen-bond donors (Lipinski definition) is 2. The summed E-state index contributed by atoms with van der Waals surface area (Å²) in [7, 11) is 2.11. The molecule has 0 saturated carbocycles. The number of Topliss-reactive ketones (excluding diaryl/α,β-unsaturated/α-hetero) is 1. The van der Waals surface area contributed by atoms with Gasteiger partial charge >= 0.3 is 0 Å². The number of nitrogens with two attached hydrogens (primary N) is 2. The highest BCUT2D eigenvalue weighted by molar-refractivity contribution is 8.03. The third-order valence-corrected chi connectivity index (χ3v) is 6.42. The molecule has 1 aliphatic rings. The third kappa shape index (κ3) is 7.14. The standard InChI is InChI=1S/C24H32N5OS/c1-28-21-10-4-5-11-22(21)31-23(28)18-19-12-16-29(17-13-19)15-6-2-3-8-20(30)9-7-14-27-24(25)26/h4-5,10-13,16-18H,2-3,6-9,14-15H2,1H3,(H4,25,26,27)/q+1. The van der Waals surface area contributed by atoms with E-state index in [0.717, 1.165) is 32.2 Å². The topological polar surface area (TPSA) is 88.6 Å². The van der Waals surface area contributed by atoms with Crippen molar-refractivity contribution in [3.63, 3.8) is 0 Å². The van der Waals surface area contributed by atoms with Crippen molar-refractivity contribution < 1.29 is 9.36 Å². The van der Waals surface area contributed by atoms with Gasteiger partial charge in [-0.1, -0.05) is 23.9 Å². The fourth-order valence-corrected chi connectivity index (χ4v) is 4.62. The highest BCUT2D eigenvalue weighted by Gasteiger charge is 2.21. The minimum Gasteiger partial charge on any atom is -0.370 e. The van der Waals surface area contributed by atoms with Gasteiger partial charge < -0.3 is 16.4 Å². The van der Waals surface area contributed by atoms with Crippen molar-refractivity contribution in [2.75, 3.05) is 18.5 Å². The van der Waals surface area contributed by atoms with Crippen LogP contribution in [-0.4, -0.2) is 25.3 Å². The lowest BCUT2D eigenvalue weighted by molar-refractivity contribution is -0.697. The Balaban J connectivity index is 1.36. The normalized spacial score (nSPS) is 14.0. The van der Waals surface area contributed by atoms with Crippen molar-refractivity contribution in [2.45, 2.75) is 50.0 Å². The summed E-state index contributed by atoms with van der Waals surface area (Å²) in [4.78, 5) is 19.3. The minimum absolute atomic E-state index is 0.0879. The zero-order valence-corrected chi connectivity index (χ0v) is 19.0. The Kier molecular flexibility index (Phi) is 8.53. The quantitative estimate of drug-likeness (QED) is 0.242. The molecule has 2 aromatic rings. The molecule has 0 saturated heterocycles. The van der Waals surface area contributed by atoms with Crippen LogP contribution in [0, 0.1) is 0 Å². The van der Waals surface area contributed by atoms with Crippen LogP contribution in [0.25, 0.3) is 6.08 Å². The Morgan fingerprint density at radius 1 is 1.06 bits per heavy atom. The second-order valence-corrected chi connectivity index (χ2v) is 8.80. The number of guanidine groups is 1. The zero-order valence-electron chi connectivity index (χ0n) is 18.2. The van der Waals surface area contributed by atoms with Crippen LogP contribution < -0.4 is 20.9 Å². The number of aromatic nitrogens is 1. The van der Waals surface area contributed by atoms with Crippen LogP contribution in [0.5, 0.6) is 0 Å². The molecule has 1 aromatic heterocycles. The molecule has 0 aliphatic carbocycles. The highest BCUT2D eigenvalue weighted by atomic mass is 32.2. The maximum absolute atomic E-state index is 11.9. The molecule has 31 heavy (non-hydrogen) atoms. The smallest absolute Gasteiger partial charge is 0.185 e. The lowest BCUT2D eigenvalue weighted by Gasteiger charge is -2.13. The fraction of sp³-hybridized carbons (Fsp3) is 0.375. The molecule has 1 aromatic carbocycles. The Hall–Kier alpha value is -2.80. The van der Waals surface area contributed by atoms with Gasteiger partial charge in [-0.3, -0.25) is 9.79 Å². The number of pyridine rings is 1. The Bertz CT molecular complexity index is 935. The van der Waals surface area contributed by atoms with E-state index < -0.39 is 0 Å². The summed E-state index contributed by atoms with van der Waals surface area (Å²) in [5, 5.41) is 1.24. The largest absolute Gasteiger partial charge is 0.370 e. The lowest BCUT2D eigenvalue weighted by atomic mass is 10.1. The second-order valence-electron chi connectivity index (χ2n) is 7.74. The first kappa shape index (κ1) is 22.9. The number of benzene rings is 1. The van der Waals surface area contributed by atoms with Crippen LogP contribution in [0.2, 0.25) is 0 Å². The number of para-hydroxylation sites is 1. The number of hydrogen-bond acceptors (Lipinski definition) is 4. The molecule has 0 amide bonds. The first-order valence-corrected chi connectivity index (χ1v) is 11.6. The molecule has 164 valence electrons. The highest BCUT2D eigenvalue weighted by Crippen LogP contribution is 2.45. The van der Waals surface area contributed by atoms with Crippen LogP contribution in [0.15, 0.2) is 63.7 Å². The number of anilines is 1. The summed E-state index contributed by atoms with van der Waals surface area (Å²) in [6.07, 6.45) is 11.5. The lowest BCUT2D eigenvalue weighted by Crippen LogP contribution is -2.32. The van der Waals surface area contributed by atoms with Crippen LogP contribution in [0.3, 0.4) is 0 Å². The van der Waals surface area contributed by atoms with E-state index in [1.165, 1.54) is 21.2 Å². The van der Waals surface area contributed by atoms with Crippen molar-refractivity contribution in [3.05, 3.63) is 59.4 Å². The molecule has 2 heterocycles. The molecule has 0 radical (unpaired) electrons. The fourth-order valence-electron chi connectivity index (χ4n) is 3.51. The van der Waals surface area contributed by atoms with E-state index in [1.54, 1.807) is 0 Å². The van der Waals surface area contributed by atoms with Crippen LogP contribution >= 0.6 is 11.8 Å². The molecule has 6 nitrogen and oxygen atoms in total. The van der Waals surface area contributed by atoms with Crippen LogP contribution in [-0.2, 0) is 11.3 Å². The predicted molar refractivity (Wildman–Crippen MR) is 129 cm³/mol. The molecule has 3 rings (SSSR count). The van der Waals surface area contributed by atoms with Crippen LogP contribution in [0.1, 0.15) is 44.1 Å². The van der Waals surface area contributed by atoms with E-state index in [1.807, 2.05) is 11.8 Å². The van der Waals surface area contributed by atoms with E-state index in [-0.39, 0.29) is 5.96 Å². The first-order chi connectivity index (χ1) is 15.0. The molecule has 0 atom stereocenters. The van der Waals surface area contributed by atoms with Gasteiger partial charge in [0, 0.05) is 49.9 Å². The monoisotopic (exact) mass is 438 g/mol. The van der Waals surface area contributed by atoms with Crippen molar-refractivity contribution in [1.29, 1.82) is 0 Å². The maximum Gasteiger partial charge on any atom is 0.185 e. The summed E-state index contributed by atoms with van der Waals surface area (Å²) >= 11 is 1.81. The Labute approximate surface area is 189 Å². The van der Waals surface area contributed by atoms with Crippen molar-refractivity contribution >= 4 is 35.3 Å². The average Bonchev–Trinajstić information content (AvgIpc) is 3.07. The predicted octanol–water partition coefficient (Wildman–Crippen LogP) is 3.70. The van der Waals surface area contributed by atoms with Gasteiger partial charge in [0.05, 0.1) is 10.7 Å². The van der Waals surface area contributed by atoms with Crippen molar-refractivity contribution in [3.8, 4) is 0 Å². The number of rotatable bonds is 11. The third-order valence-electron chi connectivity index (χ3n) is 5.26. The molecule has 0 unspecified atom stereocenters. The van der Waals surface area contributed by atoms with Gasteiger partial charge in [0.2, 0.25) is 0 Å². The Morgan fingerprint density at radius 3 is 2.55 bits per heavy atom. The number of unbranched alkanes of at least 4 members (excludes halogenated alkanes) is 2. The summed E-state index contributed by atoms with van der Waals surface area (Å²) < 4.78 is 2.21. The molecular formula is C24H32N5OS+. The zero-order chi connectivity index (χ0) is 22.1. The summed E-state index contributed by atoms with van der Waals surface area (Å²) in [6, 6.07) is 12.8. The van der Waals surface area contributed by atoms with Crippen LogP contribution in [0.4, 0.5) is 5.69 Å². The summed E-state index contributed by atoms with van der Waals surface area (Å²) in [6.45, 7) is 1.49. The van der Waals surface area contributed by atoms with Gasteiger partial charge in [-0.15, -0.1) is 0 Å². The first-order valence-electron chi connectivity index (χ1n) is 10.8. The van der Waals surface area contributed by atoms with Gasteiger partial charge in [-0.05, 0) is 43.0 Å². The number of fused-ring (bicyclic) bond motifs is 1. The number of nitrogens with zero attached hydrogens (tertiary/aromatic N) is 3. The van der Waals surface area contributed by atoms with E-state index in [0.29, 0.717) is 25.2 Å². The van der Waals surface area contributed by atoms with Crippen molar-refractivity contribution in [2.24, 2.45) is 16.5 Å². The second kappa shape index (κ2) is 11.6. The van der Waals surface area contributed by atoms with Gasteiger partial charge in [-0.2, -0.15) is 0 Å². The van der Waals surface area contributed by atoms with Gasteiger partial charge in [0.15, 0.2) is 18.4 Å². The average molecular weight is 439 g/mol. The van der Waals surface area contributed by atoms with Crippen molar-refractivity contribution in [1.82, 2.24) is 0 Å². The van der Waals surface area contributed by atoms with Gasteiger partial charge in [-0.25, -0.2) is 4.57 Å². The number of aliphatic imine (C=N–C) groups is 1. The summed E-state index contributed by atoms with van der Waals surface area (Å²) in [5.74, 6) is 0.387. The molecule has 4 N–H and O–H groups in total. The Morgan fingerprint density at radius 2 is 1.81 bits per heavy atom. The molecule has 0 spiro atoms. The van der Waals surface area contributed by atoms with E-state index in [9.17, 15) is 4.79 Å². The molecule has 1 aliphatic heterocycles. The maximum atomic E-state index is 11.9. The molecule has 7 heteroatoms.